The second-order valence-corrected chi connectivity index (χ2v) is 11.3. The summed E-state index contributed by atoms with van der Waals surface area (Å²) < 4.78 is 52.7. The van der Waals surface area contributed by atoms with E-state index in [4.69, 9.17) is 9.47 Å². The van der Waals surface area contributed by atoms with Crippen LogP contribution in [-0.4, -0.2) is 46.0 Å². The summed E-state index contributed by atoms with van der Waals surface area (Å²) in [4.78, 5) is 45.6. The summed E-state index contributed by atoms with van der Waals surface area (Å²) in [5.41, 5.74) is -0.821. The fourth-order valence-electron chi connectivity index (χ4n) is 3.45. The number of hydrogen-bond donors (Lipinski definition) is 3. The number of halogens is 3. The van der Waals surface area contributed by atoms with Crippen molar-refractivity contribution in [2.24, 2.45) is 0 Å². The molecule has 0 aliphatic heterocycles. The SMILES string of the molecule is Cc1cc(F)c(C(=O)Nc2ccc(OC3CC3)cn2)cc1NC(=O)c1cnc(C(NC(=O)OC(C)(C)C)C(F)F)s1. The van der Waals surface area contributed by atoms with Crippen LogP contribution < -0.4 is 20.7 Å². The lowest BCUT2D eigenvalue weighted by Gasteiger charge is -2.22. The summed E-state index contributed by atoms with van der Waals surface area (Å²) in [6.07, 6.45) is 0.595. The molecule has 3 amide bonds. The topological polar surface area (TPSA) is 132 Å². The summed E-state index contributed by atoms with van der Waals surface area (Å²) in [5, 5.41) is 6.90. The Labute approximate surface area is 237 Å². The Balaban J connectivity index is 1.44. The number of rotatable bonds is 9. The highest BCUT2D eigenvalue weighted by Crippen LogP contribution is 2.29. The normalized spacial score (nSPS) is 13.9. The van der Waals surface area contributed by atoms with E-state index in [-0.39, 0.29) is 33.1 Å². The maximum Gasteiger partial charge on any atom is 0.408 e. The fourth-order valence-corrected chi connectivity index (χ4v) is 4.32. The molecule has 41 heavy (non-hydrogen) atoms. The zero-order valence-electron chi connectivity index (χ0n) is 22.6. The van der Waals surface area contributed by atoms with E-state index >= 15 is 0 Å². The molecule has 1 aliphatic rings. The molecular formula is C27H28F3N5O5S. The van der Waals surface area contributed by atoms with Gasteiger partial charge in [0.05, 0.1) is 24.1 Å². The molecule has 0 bridgehead atoms. The quantitative estimate of drug-likeness (QED) is 0.284. The second kappa shape index (κ2) is 12.1. The molecule has 2 heterocycles. The molecule has 2 aromatic heterocycles. The average Bonchev–Trinajstić information content (AvgIpc) is 3.55. The molecule has 1 saturated carbocycles. The van der Waals surface area contributed by atoms with Crippen LogP contribution in [0.1, 0.15) is 70.3 Å². The summed E-state index contributed by atoms with van der Waals surface area (Å²) in [7, 11) is 0. The number of aryl methyl sites for hydroxylation is 1. The van der Waals surface area contributed by atoms with Gasteiger partial charge in [-0.15, -0.1) is 11.3 Å². The highest BCUT2D eigenvalue weighted by atomic mass is 32.1. The lowest BCUT2D eigenvalue weighted by atomic mass is 10.1. The van der Waals surface area contributed by atoms with E-state index in [9.17, 15) is 27.6 Å². The predicted octanol–water partition coefficient (Wildman–Crippen LogP) is 5.86. The molecule has 4 rings (SSSR count). The van der Waals surface area contributed by atoms with E-state index in [0.717, 1.165) is 31.2 Å². The zero-order valence-corrected chi connectivity index (χ0v) is 23.4. The minimum absolute atomic E-state index is 0.0518. The molecule has 0 spiro atoms. The molecule has 0 saturated heterocycles. The first-order chi connectivity index (χ1) is 19.3. The van der Waals surface area contributed by atoms with Gasteiger partial charge in [0.15, 0.2) is 0 Å². The van der Waals surface area contributed by atoms with Crippen LogP contribution in [0.4, 0.5) is 29.5 Å². The third-order valence-corrected chi connectivity index (χ3v) is 6.63. The van der Waals surface area contributed by atoms with Crippen LogP contribution in [-0.2, 0) is 4.74 Å². The third kappa shape index (κ3) is 8.16. The van der Waals surface area contributed by atoms with Crippen molar-refractivity contribution in [3.63, 3.8) is 0 Å². The molecule has 1 fully saturated rings. The maximum absolute atomic E-state index is 14.7. The molecule has 218 valence electrons. The standard InChI is InChI=1S/C27H28F3N5O5S/c1-13-9-17(28)16(23(36)34-20-8-7-15(11-31-20)39-14-5-6-14)10-18(13)33-24(37)19-12-32-25(41-19)21(22(29)30)35-26(38)40-27(2,3)4/h7-12,14,21-22H,5-6H2,1-4H3,(H,33,37)(H,35,38)(H,31,34,36). The average molecular weight is 592 g/mol. The van der Waals surface area contributed by atoms with Gasteiger partial charge in [-0.05, 0) is 70.4 Å². The number of hydrogen-bond acceptors (Lipinski definition) is 8. The number of alkyl carbamates (subject to hydrolysis) is 1. The van der Waals surface area contributed by atoms with Gasteiger partial charge in [-0.2, -0.15) is 0 Å². The molecule has 14 heteroatoms. The summed E-state index contributed by atoms with van der Waals surface area (Å²) >= 11 is 0.641. The van der Waals surface area contributed by atoms with Crippen molar-refractivity contribution in [3.05, 3.63) is 63.5 Å². The number of alkyl halides is 2. The molecule has 0 radical (unpaired) electrons. The molecule has 1 atom stereocenters. The number of anilines is 2. The largest absolute Gasteiger partial charge is 0.489 e. The number of benzene rings is 1. The Bertz CT molecular complexity index is 1440. The first-order valence-electron chi connectivity index (χ1n) is 12.6. The smallest absolute Gasteiger partial charge is 0.408 e. The minimum Gasteiger partial charge on any atom is -0.489 e. The van der Waals surface area contributed by atoms with Crippen molar-refractivity contribution >= 4 is 40.7 Å². The number of carbonyl (C=O) groups is 3. The fraction of sp³-hybridized carbons (Fsp3) is 0.370. The zero-order chi connectivity index (χ0) is 29.9. The highest BCUT2D eigenvalue weighted by molar-refractivity contribution is 7.13. The van der Waals surface area contributed by atoms with Crippen molar-refractivity contribution in [1.82, 2.24) is 15.3 Å². The second-order valence-electron chi connectivity index (χ2n) is 10.3. The van der Waals surface area contributed by atoms with Crippen LogP contribution in [0, 0.1) is 12.7 Å². The summed E-state index contributed by atoms with van der Waals surface area (Å²) in [6.45, 7) is 6.28. The van der Waals surface area contributed by atoms with Gasteiger partial charge in [-0.25, -0.2) is 27.9 Å². The Kier molecular flexibility index (Phi) is 8.80. The Morgan fingerprint density at radius 1 is 1.05 bits per heavy atom. The van der Waals surface area contributed by atoms with Gasteiger partial charge in [0.1, 0.15) is 38.9 Å². The number of aromatic nitrogens is 2. The first-order valence-corrected chi connectivity index (χ1v) is 13.4. The maximum atomic E-state index is 14.7. The van der Waals surface area contributed by atoms with E-state index in [0.29, 0.717) is 22.6 Å². The summed E-state index contributed by atoms with van der Waals surface area (Å²) in [5.74, 6) is -1.61. The number of carbonyl (C=O) groups excluding carboxylic acids is 3. The molecule has 1 unspecified atom stereocenters. The van der Waals surface area contributed by atoms with E-state index in [1.165, 1.54) is 19.2 Å². The lowest BCUT2D eigenvalue weighted by molar-refractivity contribution is 0.0372. The number of ether oxygens (including phenoxy) is 2. The third-order valence-electron chi connectivity index (χ3n) is 5.55. The molecular weight excluding hydrogens is 563 g/mol. The number of pyridine rings is 1. The van der Waals surface area contributed by atoms with Gasteiger partial charge in [-0.1, -0.05) is 0 Å². The molecule has 3 N–H and O–H groups in total. The van der Waals surface area contributed by atoms with Gasteiger partial charge >= 0.3 is 6.09 Å². The molecule has 1 aromatic carbocycles. The van der Waals surface area contributed by atoms with Crippen molar-refractivity contribution in [3.8, 4) is 5.75 Å². The van der Waals surface area contributed by atoms with Crippen molar-refractivity contribution in [1.29, 1.82) is 0 Å². The van der Waals surface area contributed by atoms with Crippen molar-refractivity contribution in [2.75, 3.05) is 10.6 Å². The number of nitrogens with one attached hydrogen (secondary N) is 3. The minimum atomic E-state index is -3.03. The van der Waals surface area contributed by atoms with E-state index in [1.807, 2.05) is 0 Å². The van der Waals surface area contributed by atoms with Crippen LogP contribution in [0.3, 0.4) is 0 Å². The van der Waals surface area contributed by atoms with Gasteiger partial charge in [0, 0.05) is 5.69 Å². The van der Waals surface area contributed by atoms with Gasteiger partial charge in [-0.3, -0.25) is 9.59 Å². The number of thiazole rings is 1. The van der Waals surface area contributed by atoms with Crippen LogP contribution in [0.2, 0.25) is 0 Å². The number of amides is 3. The van der Waals surface area contributed by atoms with Crippen LogP contribution >= 0.6 is 11.3 Å². The van der Waals surface area contributed by atoms with Gasteiger partial charge < -0.3 is 25.4 Å². The first kappa shape index (κ1) is 29.8. The van der Waals surface area contributed by atoms with Crippen LogP contribution in [0.15, 0.2) is 36.7 Å². The predicted molar refractivity (Wildman–Crippen MR) is 145 cm³/mol. The summed E-state index contributed by atoms with van der Waals surface area (Å²) in [6, 6.07) is 3.61. The Hall–Kier alpha value is -4.20. The molecule has 1 aliphatic carbocycles. The van der Waals surface area contributed by atoms with E-state index in [2.05, 4.69) is 25.9 Å². The van der Waals surface area contributed by atoms with E-state index in [1.54, 1.807) is 26.8 Å². The van der Waals surface area contributed by atoms with Gasteiger partial charge in [0.2, 0.25) is 0 Å². The Morgan fingerprint density at radius 3 is 2.39 bits per heavy atom. The van der Waals surface area contributed by atoms with Crippen LogP contribution in [0.5, 0.6) is 5.75 Å². The monoisotopic (exact) mass is 591 g/mol. The van der Waals surface area contributed by atoms with Gasteiger partial charge in [0.25, 0.3) is 18.2 Å². The van der Waals surface area contributed by atoms with E-state index < -0.39 is 41.8 Å². The van der Waals surface area contributed by atoms with Crippen molar-refractivity contribution in [2.45, 2.75) is 64.7 Å². The van der Waals surface area contributed by atoms with Crippen molar-refractivity contribution < 1.29 is 37.0 Å². The van der Waals surface area contributed by atoms with Crippen LogP contribution in [0.25, 0.3) is 0 Å². The molecule has 10 nitrogen and oxygen atoms in total. The lowest BCUT2D eigenvalue weighted by Crippen LogP contribution is -2.37. The number of nitrogens with zero attached hydrogens (tertiary/aromatic N) is 2. The Morgan fingerprint density at radius 2 is 1.78 bits per heavy atom. The highest BCUT2D eigenvalue weighted by Gasteiger charge is 2.30. The molecule has 3 aromatic rings.